The van der Waals surface area contributed by atoms with Gasteiger partial charge in [0.05, 0.1) is 31.1 Å². The number of hydrogen-bond donors (Lipinski definition) is 1. The van der Waals surface area contributed by atoms with Crippen molar-refractivity contribution in [1.29, 1.82) is 0 Å². The molecule has 0 bridgehead atoms. The SMILES string of the molecule is CCCNC(CC1CCCO1)c1c(OC)cnn1C. The Bertz CT molecular complexity index is 386. The van der Waals surface area contributed by atoms with Gasteiger partial charge in [0, 0.05) is 13.7 Å². The van der Waals surface area contributed by atoms with Crippen LogP contribution in [0.1, 0.15) is 44.3 Å². The molecule has 5 heteroatoms. The summed E-state index contributed by atoms with van der Waals surface area (Å²) in [7, 11) is 3.66. The highest BCUT2D eigenvalue weighted by molar-refractivity contribution is 5.28. The molecule has 0 saturated carbocycles. The molecule has 2 heterocycles. The Kier molecular flexibility index (Phi) is 5.22. The average molecular weight is 267 g/mol. The lowest BCUT2D eigenvalue weighted by Gasteiger charge is -2.22. The molecule has 1 aliphatic heterocycles. The van der Waals surface area contributed by atoms with Gasteiger partial charge in [-0.05, 0) is 32.2 Å². The Morgan fingerprint density at radius 3 is 3.11 bits per heavy atom. The largest absolute Gasteiger partial charge is 0.493 e. The van der Waals surface area contributed by atoms with Crippen molar-refractivity contribution < 1.29 is 9.47 Å². The highest BCUT2D eigenvalue weighted by Crippen LogP contribution is 2.30. The Hall–Kier alpha value is -1.07. The fourth-order valence-electron chi connectivity index (χ4n) is 2.68. The van der Waals surface area contributed by atoms with Crippen molar-refractivity contribution in [3.05, 3.63) is 11.9 Å². The number of aryl methyl sites for hydroxylation is 1. The van der Waals surface area contributed by atoms with Gasteiger partial charge >= 0.3 is 0 Å². The lowest BCUT2D eigenvalue weighted by atomic mass is 10.0. The molecule has 0 aromatic carbocycles. The van der Waals surface area contributed by atoms with Gasteiger partial charge in [-0.2, -0.15) is 5.10 Å². The molecule has 0 aliphatic carbocycles. The second-order valence-corrected chi connectivity index (χ2v) is 5.10. The average Bonchev–Trinajstić information content (AvgIpc) is 3.04. The summed E-state index contributed by atoms with van der Waals surface area (Å²) in [5.41, 5.74) is 1.12. The van der Waals surface area contributed by atoms with Crippen LogP contribution in [-0.4, -0.2) is 36.1 Å². The maximum Gasteiger partial charge on any atom is 0.161 e. The standard InChI is InChI=1S/C14H25N3O2/c1-4-7-15-12(9-11-6-5-8-19-11)14-13(18-3)10-16-17(14)2/h10-12,15H,4-9H2,1-3H3. The molecule has 2 atom stereocenters. The molecule has 0 radical (unpaired) electrons. The first kappa shape index (κ1) is 14.3. The van der Waals surface area contributed by atoms with E-state index in [1.54, 1.807) is 13.3 Å². The molecule has 1 aliphatic rings. The fourth-order valence-corrected chi connectivity index (χ4v) is 2.68. The van der Waals surface area contributed by atoms with Crippen LogP contribution in [0.2, 0.25) is 0 Å². The first-order chi connectivity index (χ1) is 9.26. The quantitative estimate of drug-likeness (QED) is 0.821. The summed E-state index contributed by atoms with van der Waals surface area (Å²) in [5.74, 6) is 0.856. The minimum absolute atomic E-state index is 0.241. The first-order valence-electron chi connectivity index (χ1n) is 7.17. The van der Waals surface area contributed by atoms with Crippen LogP contribution >= 0.6 is 0 Å². The zero-order chi connectivity index (χ0) is 13.7. The van der Waals surface area contributed by atoms with Crippen molar-refractivity contribution in [2.45, 2.75) is 44.8 Å². The van der Waals surface area contributed by atoms with Crippen LogP contribution < -0.4 is 10.1 Å². The third-order valence-corrected chi connectivity index (χ3v) is 3.66. The predicted octanol–water partition coefficient (Wildman–Crippen LogP) is 2.04. The Balaban J connectivity index is 2.12. The van der Waals surface area contributed by atoms with E-state index in [1.165, 1.54) is 6.42 Å². The predicted molar refractivity (Wildman–Crippen MR) is 74.4 cm³/mol. The number of ether oxygens (including phenoxy) is 2. The van der Waals surface area contributed by atoms with E-state index in [0.717, 1.165) is 43.9 Å². The second-order valence-electron chi connectivity index (χ2n) is 5.10. The number of rotatable bonds is 7. The molecule has 19 heavy (non-hydrogen) atoms. The number of nitrogens with one attached hydrogen (secondary N) is 1. The molecule has 108 valence electrons. The van der Waals surface area contributed by atoms with Crippen molar-refractivity contribution in [3.8, 4) is 5.75 Å². The summed E-state index contributed by atoms with van der Waals surface area (Å²) in [6, 6.07) is 0.241. The Morgan fingerprint density at radius 1 is 1.63 bits per heavy atom. The summed E-state index contributed by atoms with van der Waals surface area (Å²) in [6.07, 6.45) is 6.57. The topological polar surface area (TPSA) is 48.3 Å². The third-order valence-electron chi connectivity index (χ3n) is 3.66. The monoisotopic (exact) mass is 267 g/mol. The van der Waals surface area contributed by atoms with Gasteiger partial charge in [0.25, 0.3) is 0 Å². The molecule has 1 N–H and O–H groups in total. The number of nitrogens with zero attached hydrogens (tertiary/aromatic N) is 2. The minimum Gasteiger partial charge on any atom is -0.493 e. The summed E-state index contributed by atoms with van der Waals surface area (Å²) in [5, 5.41) is 7.90. The summed E-state index contributed by atoms with van der Waals surface area (Å²) in [6.45, 7) is 4.07. The molecule has 0 amide bonds. The highest BCUT2D eigenvalue weighted by atomic mass is 16.5. The molecular formula is C14H25N3O2. The molecule has 1 aromatic rings. The molecule has 5 nitrogen and oxygen atoms in total. The zero-order valence-electron chi connectivity index (χ0n) is 12.2. The third kappa shape index (κ3) is 3.48. The molecule has 2 rings (SSSR count). The van der Waals surface area contributed by atoms with E-state index in [0.29, 0.717) is 6.10 Å². The number of methoxy groups -OCH3 is 1. The number of hydrogen-bond acceptors (Lipinski definition) is 4. The summed E-state index contributed by atoms with van der Waals surface area (Å²) >= 11 is 0. The van der Waals surface area contributed by atoms with E-state index in [9.17, 15) is 0 Å². The van der Waals surface area contributed by atoms with E-state index < -0.39 is 0 Å². The van der Waals surface area contributed by atoms with Gasteiger partial charge in [0.2, 0.25) is 0 Å². The fraction of sp³-hybridized carbons (Fsp3) is 0.786. The van der Waals surface area contributed by atoms with E-state index in [1.807, 2.05) is 11.7 Å². The van der Waals surface area contributed by atoms with Crippen molar-refractivity contribution in [1.82, 2.24) is 15.1 Å². The van der Waals surface area contributed by atoms with Crippen LogP contribution in [0.25, 0.3) is 0 Å². The van der Waals surface area contributed by atoms with E-state index >= 15 is 0 Å². The van der Waals surface area contributed by atoms with Gasteiger partial charge in [-0.25, -0.2) is 0 Å². The van der Waals surface area contributed by atoms with Crippen molar-refractivity contribution in [2.24, 2.45) is 7.05 Å². The molecule has 2 unspecified atom stereocenters. The minimum atomic E-state index is 0.241. The maximum absolute atomic E-state index is 5.76. The molecule has 1 aromatic heterocycles. The Morgan fingerprint density at radius 2 is 2.47 bits per heavy atom. The van der Waals surface area contributed by atoms with Crippen LogP contribution in [0.5, 0.6) is 5.75 Å². The van der Waals surface area contributed by atoms with Crippen LogP contribution in [0.3, 0.4) is 0 Å². The highest BCUT2D eigenvalue weighted by Gasteiger charge is 2.26. The van der Waals surface area contributed by atoms with Gasteiger partial charge in [0.1, 0.15) is 0 Å². The summed E-state index contributed by atoms with van der Waals surface area (Å²) < 4.78 is 13.1. The lowest BCUT2D eigenvalue weighted by Crippen LogP contribution is -2.28. The van der Waals surface area contributed by atoms with Gasteiger partial charge in [-0.15, -0.1) is 0 Å². The van der Waals surface area contributed by atoms with Gasteiger partial charge in [0.15, 0.2) is 5.75 Å². The van der Waals surface area contributed by atoms with Crippen molar-refractivity contribution >= 4 is 0 Å². The van der Waals surface area contributed by atoms with Gasteiger partial charge in [-0.3, -0.25) is 4.68 Å². The lowest BCUT2D eigenvalue weighted by molar-refractivity contribution is 0.0934. The number of aromatic nitrogens is 2. The van der Waals surface area contributed by atoms with Crippen LogP contribution in [-0.2, 0) is 11.8 Å². The first-order valence-corrected chi connectivity index (χ1v) is 7.17. The van der Waals surface area contributed by atoms with E-state index in [-0.39, 0.29) is 6.04 Å². The summed E-state index contributed by atoms with van der Waals surface area (Å²) in [4.78, 5) is 0. The van der Waals surface area contributed by atoms with E-state index in [4.69, 9.17) is 9.47 Å². The Labute approximate surface area is 115 Å². The molecular weight excluding hydrogens is 242 g/mol. The molecule has 0 spiro atoms. The molecule has 1 saturated heterocycles. The second kappa shape index (κ2) is 6.91. The van der Waals surface area contributed by atoms with Crippen LogP contribution in [0, 0.1) is 0 Å². The van der Waals surface area contributed by atoms with Crippen LogP contribution in [0.4, 0.5) is 0 Å². The normalized spacial score (nSPS) is 20.7. The maximum atomic E-state index is 5.76. The van der Waals surface area contributed by atoms with Crippen molar-refractivity contribution in [3.63, 3.8) is 0 Å². The zero-order valence-corrected chi connectivity index (χ0v) is 12.2. The smallest absolute Gasteiger partial charge is 0.161 e. The van der Waals surface area contributed by atoms with E-state index in [2.05, 4.69) is 17.3 Å². The van der Waals surface area contributed by atoms with Gasteiger partial charge < -0.3 is 14.8 Å². The van der Waals surface area contributed by atoms with Crippen molar-refractivity contribution in [2.75, 3.05) is 20.3 Å². The van der Waals surface area contributed by atoms with Gasteiger partial charge in [-0.1, -0.05) is 6.92 Å². The van der Waals surface area contributed by atoms with Crippen LogP contribution in [0.15, 0.2) is 6.20 Å². The molecule has 1 fully saturated rings.